The molecule has 0 unspecified atom stereocenters. The first-order chi connectivity index (χ1) is 19.5. The standard InChI is InChI=1S/C33H39NO6/c1-37-25-10-9-23-15-26-31-11-12-33(38-2,24(16-31)19-39-18-21-5-7-22(8-6-21)29(35)36)30-32(31,27(23)28(25)40-30)13-14-34(26)17-20-3-4-20/h5-10,20,24,26,30H,3-4,11-19H2,1-2H3,(H,35,36)/t24-,26-,30-,31-,32+,33-/m1/s1. The zero-order valence-electron chi connectivity index (χ0n) is 23.5. The van der Waals surface area contributed by atoms with E-state index in [1.807, 2.05) is 19.2 Å². The molecular weight excluding hydrogens is 506 g/mol. The second-order valence-electron chi connectivity index (χ2n) is 13.2. The molecule has 2 aliphatic heterocycles. The van der Waals surface area contributed by atoms with E-state index in [9.17, 15) is 9.90 Å². The molecule has 7 nitrogen and oxygen atoms in total. The van der Waals surface area contributed by atoms with Crippen molar-refractivity contribution in [2.45, 2.75) is 74.7 Å². The number of piperidine rings is 1. The average Bonchev–Trinajstić information content (AvgIpc) is 3.71. The molecule has 4 bridgehead atoms. The fourth-order valence-corrected chi connectivity index (χ4v) is 9.96. The van der Waals surface area contributed by atoms with Gasteiger partial charge in [-0.15, -0.1) is 0 Å². The fourth-order valence-electron chi connectivity index (χ4n) is 9.96. The van der Waals surface area contributed by atoms with Crippen LogP contribution in [0.25, 0.3) is 0 Å². The van der Waals surface area contributed by atoms with Gasteiger partial charge in [-0.2, -0.15) is 0 Å². The molecule has 2 aromatic rings. The van der Waals surface area contributed by atoms with Gasteiger partial charge in [0, 0.05) is 42.0 Å². The summed E-state index contributed by atoms with van der Waals surface area (Å²) in [5.74, 6) is 1.98. The summed E-state index contributed by atoms with van der Waals surface area (Å²) in [7, 11) is 3.63. The van der Waals surface area contributed by atoms with Crippen molar-refractivity contribution in [1.82, 2.24) is 4.90 Å². The summed E-state index contributed by atoms with van der Waals surface area (Å²) >= 11 is 0. The Labute approximate surface area is 235 Å². The third-order valence-electron chi connectivity index (χ3n) is 11.8. The number of rotatable bonds is 9. The van der Waals surface area contributed by atoms with Crippen molar-refractivity contribution in [3.63, 3.8) is 0 Å². The normalized spacial score (nSPS) is 36.7. The molecule has 0 amide bonds. The smallest absolute Gasteiger partial charge is 0.335 e. The molecular formula is C33H39NO6. The predicted octanol–water partition coefficient (Wildman–Crippen LogP) is 4.83. The average molecular weight is 546 g/mol. The maximum absolute atomic E-state index is 11.2. The van der Waals surface area contributed by atoms with E-state index in [1.54, 1.807) is 19.2 Å². The highest BCUT2D eigenvalue weighted by Crippen LogP contribution is 2.76. The Morgan fingerprint density at radius 1 is 1.10 bits per heavy atom. The van der Waals surface area contributed by atoms with E-state index in [2.05, 4.69) is 17.0 Å². The van der Waals surface area contributed by atoms with Crippen LogP contribution in [0.2, 0.25) is 0 Å². The van der Waals surface area contributed by atoms with Gasteiger partial charge in [-0.1, -0.05) is 18.2 Å². The molecule has 2 aromatic carbocycles. The van der Waals surface area contributed by atoms with Gasteiger partial charge in [0.1, 0.15) is 11.7 Å². The lowest BCUT2D eigenvalue weighted by Gasteiger charge is -2.74. The van der Waals surface area contributed by atoms with Crippen LogP contribution in [0, 0.1) is 17.3 Å². The molecule has 0 aromatic heterocycles. The lowest BCUT2D eigenvalue weighted by Crippen LogP contribution is -2.81. The van der Waals surface area contributed by atoms with E-state index in [-0.39, 0.29) is 22.9 Å². The Morgan fingerprint density at radius 2 is 1.93 bits per heavy atom. The van der Waals surface area contributed by atoms with Gasteiger partial charge in [-0.3, -0.25) is 4.90 Å². The Kier molecular flexibility index (Phi) is 5.46. The van der Waals surface area contributed by atoms with Crippen LogP contribution in [0.1, 0.15) is 65.6 Å². The van der Waals surface area contributed by atoms with Crippen LogP contribution in [-0.2, 0) is 27.9 Å². The van der Waals surface area contributed by atoms with Crippen LogP contribution in [0.15, 0.2) is 36.4 Å². The molecule has 7 heteroatoms. The van der Waals surface area contributed by atoms with Crippen LogP contribution in [0.3, 0.4) is 0 Å². The number of nitrogens with zero attached hydrogens (tertiary/aromatic N) is 1. The summed E-state index contributed by atoms with van der Waals surface area (Å²) in [6, 6.07) is 11.9. The van der Waals surface area contributed by atoms with Crippen LogP contribution < -0.4 is 9.47 Å². The minimum absolute atomic E-state index is 0.0490. The molecule has 2 heterocycles. The lowest BCUT2D eigenvalue weighted by molar-refractivity contribution is -0.283. The Balaban J connectivity index is 1.16. The third kappa shape index (κ3) is 3.14. The Bertz CT molecular complexity index is 1360. The number of aromatic carboxylic acids is 1. The number of hydrogen-bond donors (Lipinski definition) is 1. The summed E-state index contributed by atoms with van der Waals surface area (Å²) in [6.45, 7) is 3.42. The number of ether oxygens (including phenoxy) is 4. The van der Waals surface area contributed by atoms with Crippen molar-refractivity contribution in [3.05, 3.63) is 58.7 Å². The molecule has 2 spiro atoms. The van der Waals surface area contributed by atoms with E-state index in [4.69, 9.17) is 18.9 Å². The zero-order chi connectivity index (χ0) is 27.3. The minimum Gasteiger partial charge on any atom is -0.493 e. The Morgan fingerprint density at radius 3 is 2.65 bits per heavy atom. The molecule has 1 N–H and O–H groups in total. The van der Waals surface area contributed by atoms with Crippen LogP contribution in [0.5, 0.6) is 11.5 Å². The second kappa shape index (κ2) is 8.70. The van der Waals surface area contributed by atoms with Gasteiger partial charge in [0.05, 0.1) is 25.9 Å². The second-order valence-corrected chi connectivity index (χ2v) is 13.2. The first-order valence-electron chi connectivity index (χ1n) is 15.0. The monoisotopic (exact) mass is 545 g/mol. The first-order valence-corrected chi connectivity index (χ1v) is 15.0. The molecule has 212 valence electrons. The molecule has 0 radical (unpaired) electrons. The summed E-state index contributed by atoms with van der Waals surface area (Å²) in [6.07, 6.45) is 8.13. The lowest BCUT2D eigenvalue weighted by atomic mass is 9.35. The number of carboxylic acids is 1. The van der Waals surface area contributed by atoms with Gasteiger partial charge in [0.25, 0.3) is 0 Å². The van der Waals surface area contributed by atoms with Crippen molar-refractivity contribution in [3.8, 4) is 11.5 Å². The summed E-state index contributed by atoms with van der Waals surface area (Å²) < 4.78 is 26.0. The highest BCUT2D eigenvalue weighted by molar-refractivity contribution is 5.87. The van der Waals surface area contributed by atoms with Gasteiger partial charge >= 0.3 is 5.97 Å². The molecule has 6 atom stereocenters. The molecule has 9 rings (SSSR count). The minimum atomic E-state index is -0.910. The zero-order valence-corrected chi connectivity index (χ0v) is 23.5. The van der Waals surface area contributed by atoms with Gasteiger partial charge in [0.15, 0.2) is 11.5 Å². The van der Waals surface area contributed by atoms with Gasteiger partial charge in [-0.25, -0.2) is 4.79 Å². The van der Waals surface area contributed by atoms with Crippen molar-refractivity contribution in [1.29, 1.82) is 0 Å². The topological polar surface area (TPSA) is 77.5 Å². The van der Waals surface area contributed by atoms with Gasteiger partial charge in [0.2, 0.25) is 0 Å². The molecule has 5 fully saturated rings. The number of carbonyl (C=O) groups is 1. The van der Waals surface area contributed by atoms with Crippen LogP contribution >= 0.6 is 0 Å². The van der Waals surface area contributed by atoms with Crippen LogP contribution in [-0.4, -0.2) is 67.6 Å². The number of fused-ring (bicyclic) bond motifs is 2. The number of carboxylic acid groups (broad SMARTS) is 1. The quantitative estimate of drug-likeness (QED) is 0.484. The highest BCUT2D eigenvalue weighted by atomic mass is 16.6. The van der Waals surface area contributed by atoms with Gasteiger partial charge < -0.3 is 24.1 Å². The largest absolute Gasteiger partial charge is 0.493 e. The van der Waals surface area contributed by atoms with Crippen molar-refractivity contribution in [2.24, 2.45) is 17.3 Å². The molecule has 4 saturated carbocycles. The number of likely N-dealkylation sites (tertiary alicyclic amines) is 1. The molecule has 7 aliphatic rings. The number of benzene rings is 2. The maximum Gasteiger partial charge on any atom is 0.335 e. The molecule has 1 saturated heterocycles. The summed E-state index contributed by atoms with van der Waals surface area (Å²) in [5.41, 5.74) is 3.82. The fraction of sp³-hybridized carbons (Fsp3) is 0.606. The SMILES string of the molecule is COc1ccc2c3c1O[C@H]1[C@@]4(OC)CC[C@@]5(C[C@@H]4COCc4ccc(C(=O)O)cc4)[C@@H](C2)N(CC2CC2)CC[C@]315. The van der Waals surface area contributed by atoms with E-state index in [0.29, 0.717) is 24.8 Å². The summed E-state index contributed by atoms with van der Waals surface area (Å²) in [5, 5.41) is 9.23. The first kappa shape index (κ1) is 25.1. The van der Waals surface area contributed by atoms with Gasteiger partial charge in [-0.05, 0) is 86.7 Å². The Hall–Kier alpha value is -2.61. The molecule has 5 aliphatic carbocycles. The molecule has 40 heavy (non-hydrogen) atoms. The number of hydrogen-bond acceptors (Lipinski definition) is 6. The van der Waals surface area contributed by atoms with E-state index < -0.39 is 11.6 Å². The van der Waals surface area contributed by atoms with Crippen LogP contribution in [0.4, 0.5) is 0 Å². The maximum atomic E-state index is 11.2. The predicted molar refractivity (Wildman–Crippen MR) is 148 cm³/mol. The van der Waals surface area contributed by atoms with E-state index >= 15 is 0 Å². The third-order valence-corrected chi connectivity index (χ3v) is 11.8. The van der Waals surface area contributed by atoms with E-state index in [0.717, 1.165) is 61.6 Å². The number of methoxy groups -OCH3 is 2. The van der Waals surface area contributed by atoms with Crippen molar-refractivity contribution < 1.29 is 28.8 Å². The summed E-state index contributed by atoms with van der Waals surface area (Å²) in [4.78, 5) is 14.1. The highest BCUT2D eigenvalue weighted by Gasteiger charge is 2.80. The van der Waals surface area contributed by atoms with E-state index in [1.165, 1.54) is 30.5 Å². The van der Waals surface area contributed by atoms with Crippen molar-refractivity contribution in [2.75, 3.05) is 33.9 Å². The van der Waals surface area contributed by atoms with Crippen molar-refractivity contribution >= 4 is 5.97 Å².